The van der Waals surface area contributed by atoms with Crippen LogP contribution in [0.3, 0.4) is 0 Å². The Bertz CT molecular complexity index is 324. The van der Waals surface area contributed by atoms with Crippen molar-refractivity contribution < 1.29 is 0 Å². The zero-order valence-electron chi connectivity index (χ0n) is 9.32. The lowest BCUT2D eigenvalue weighted by Gasteiger charge is -2.36. The molecule has 2 rings (SSSR count). The maximum atomic E-state index is 5.79. The van der Waals surface area contributed by atoms with Crippen molar-refractivity contribution in [3.63, 3.8) is 0 Å². The van der Waals surface area contributed by atoms with Gasteiger partial charge in [0, 0.05) is 30.5 Å². The molecule has 1 atom stereocenters. The van der Waals surface area contributed by atoms with Crippen molar-refractivity contribution >= 4 is 11.5 Å². The van der Waals surface area contributed by atoms with Gasteiger partial charge in [-0.2, -0.15) is 0 Å². The number of aromatic nitrogens is 1. The summed E-state index contributed by atoms with van der Waals surface area (Å²) in [4.78, 5) is 6.81. The molecule has 0 spiro atoms. The van der Waals surface area contributed by atoms with E-state index in [1.165, 1.54) is 25.7 Å². The lowest BCUT2D eigenvalue weighted by atomic mass is 10.00. The van der Waals surface area contributed by atoms with Crippen molar-refractivity contribution in [3.8, 4) is 0 Å². The summed E-state index contributed by atoms with van der Waals surface area (Å²) in [5.41, 5.74) is 6.59. The standard InChI is InChI=1S/C12H19N3/c1-2-11-5-3-4-8-15(11)12-9-10(13)6-7-14-12/h6-7,9,11H,2-5,8H2,1H3,(H2,13,14). The lowest BCUT2D eigenvalue weighted by Crippen LogP contribution is -2.39. The van der Waals surface area contributed by atoms with Crippen LogP contribution in [0.25, 0.3) is 0 Å². The molecule has 3 heteroatoms. The predicted molar refractivity (Wildman–Crippen MR) is 63.9 cm³/mol. The second kappa shape index (κ2) is 4.51. The van der Waals surface area contributed by atoms with Crippen LogP contribution in [0.15, 0.2) is 18.3 Å². The molecule has 82 valence electrons. The van der Waals surface area contributed by atoms with Crippen molar-refractivity contribution in [3.05, 3.63) is 18.3 Å². The molecule has 0 saturated carbocycles. The number of piperidine rings is 1. The summed E-state index contributed by atoms with van der Waals surface area (Å²) in [6.45, 7) is 3.37. The smallest absolute Gasteiger partial charge is 0.130 e. The molecule has 0 aliphatic carbocycles. The molecule has 1 fully saturated rings. The van der Waals surface area contributed by atoms with Gasteiger partial charge in [-0.3, -0.25) is 0 Å². The average molecular weight is 205 g/mol. The number of nitrogen functional groups attached to an aromatic ring is 1. The Labute approximate surface area is 91.3 Å². The van der Waals surface area contributed by atoms with Gasteiger partial charge in [-0.15, -0.1) is 0 Å². The van der Waals surface area contributed by atoms with Crippen LogP contribution in [-0.2, 0) is 0 Å². The zero-order valence-corrected chi connectivity index (χ0v) is 9.32. The van der Waals surface area contributed by atoms with Crippen LogP contribution in [0.2, 0.25) is 0 Å². The summed E-state index contributed by atoms with van der Waals surface area (Å²) >= 11 is 0. The Morgan fingerprint density at radius 3 is 3.13 bits per heavy atom. The molecule has 1 aromatic heterocycles. The van der Waals surface area contributed by atoms with E-state index < -0.39 is 0 Å². The molecule has 1 aliphatic rings. The quantitative estimate of drug-likeness (QED) is 0.806. The van der Waals surface area contributed by atoms with Gasteiger partial charge < -0.3 is 10.6 Å². The van der Waals surface area contributed by atoms with Crippen molar-refractivity contribution in [2.75, 3.05) is 17.2 Å². The first-order valence-electron chi connectivity index (χ1n) is 5.79. The Morgan fingerprint density at radius 1 is 1.53 bits per heavy atom. The highest BCUT2D eigenvalue weighted by Gasteiger charge is 2.21. The number of nitrogens with two attached hydrogens (primary N) is 1. The Morgan fingerprint density at radius 2 is 2.40 bits per heavy atom. The maximum Gasteiger partial charge on any atom is 0.130 e. The van der Waals surface area contributed by atoms with Crippen LogP contribution >= 0.6 is 0 Å². The lowest BCUT2D eigenvalue weighted by molar-refractivity contribution is 0.447. The van der Waals surface area contributed by atoms with Gasteiger partial charge in [0.1, 0.15) is 5.82 Å². The van der Waals surface area contributed by atoms with Crippen LogP contribution < -0.4 is 10.6 Å². The van der Waals surface area contributed by atoms with Crippen LogP contribution in [0.5, 0.6) is 0 Å². The van der Waals surface area contributed by atoms with E-state index in [0.29, 0.717) is 6.04 Å². The molecular weight excluding hydrogens is 186 g/mol. The fourth-order valence-corrected chi connectivity index (χ4v) is 2.32. The predicted octanol–water partition coefficient (Wildman–Crippen LogP) is 2.43. The van der Waals surface area contributed by atoms with Crippen LogP contribution in [0.4, 0.5) is 11.5 Å². The minimum atomic E-state index is 0.646. The Hall–Kier alpha value is -1.25. The summed E-state index contributed by atoms with van der Waals surface area (Å²) in [5, 5.41) is 0. The molecule has 1 aliphatic heterocycles. The molecule has 1 aromatic rings. The summed E-state index contributed by atoms with van der Waals surface area (Å²) in [6.07, 6.45) is 6.89. The van der Waals surface area contributed by atoms with E-state index in [1.807, 2.05) is 12.1 Å². The summed E-state index contributed by atoms with van der Waals surface area (Å²) < 4.78 is 0. The fraction of sp³-hybridized carbons (Fsp3) is 0.583. The largest absolute Gasteiger partial charge is 0.399 e. The zero-order chi connectivity index (χ0) is 10.7. The van der Waals surface area contributed by atoms with E-state index >= 15 is 0 Å². The van der Waals surface area contributed by atoms with Gasteiger partial charge in [0.15, 0.2) is 0 Å². The third-order valence-corrected chi connectivity index (χ3v) is 3.16. The number of pyridine rings is 1. The SMILES string of the molecule is CCC1CCCCN1c1cc(N)ccn1. The highest BCUT2D eigenvalue weighted by molar-refractivity contribution is 5.51. The van der Waals surface area contributed by atoms with Crippen molar-refractivity contribution in [2.24, 2.45) is 0 Å². The second-order valence-electron chi connectivity index (χ2n) is 4.20. The first kappa shape index (κ1) is 10.3. The molecule has 0 radical (unpaired) electrons. The Balaban J connectivity index is 2.20. The van der Waals surface area contributed by atoms with Crippen molar-refractivity contribution in [1.82, 2.24) is 4.98 Å². The second-order valence-corrected chi connectivity index (χ2v) is 4.20. The minimum absolute atomic E-state index is 0.646. The molecule has 2 N–H and O–H groups in total. The molecule has 1 unspecified atom stereocenters. The molecule has 0 amide bonds. The molecule has 0 aromatic carbocycles. The molecule has 2 heterocycles. The number of hydrogen-bond donors (Lipinski definition) is 1. The molecule has 15 heavy (non-hydrogen) atoms. The number of rotatable bonds is 2. The Kier molecular flexibility index (Phi) is 3.09. The van der Waals surface area contributed by atoms with Gasteiger partial charge in [0.2, 0.25) is 0 Å². The van der Waals surface area contributed by atoms with E-state index in [0.717, 1.165) is 18.1 Å². The van der Waals surface area contributed by atoms with Gasteiger partial charge >= 0.3 is 0 Å². The van der Waals surface area contributed by atoms with E-state index in [1.54, 1.807) is 6.20 Å². The van der Waals surface area contributed by atoms with E-state index in [9.17, 15) is 0 Å². The average Bonchev–Trinajstić information content (AvgIpc) is 2.29. The van der Waals surface area contributed by atoms with E-state index in [2.05, 4.69) is 16.8 Å². The third-order valence-electron chi connectivity index (χ3n) is 3.16. The summed E-state index contributed by atoms with van der Waals surface area (Å²) in [6, 6.07) is 4.47. The number of nitrogens with zero attached hydrogens (tertiary/aromatic N) is 2. The first-order valence-corrected chi connectivity index (χ1v) is 5.79. The van der Waals surface area contributed by atoms with Gasteiger partial charge in [0.05, 0.1) is 0 Å². The highest BCUT2D eigenvalue weighted by atomic mass is 15.2. The molecular formula is C12H19N3. The van der Waals surface area contributed by atoms with Gasteiger partial charge in [-0.25, -0.2) is 4.98 Å². The summed E-state index contributed by atoms with van der Waals surface area (Å²) in [5.74, 6) is 1.04. The number of hydrogen-bond acceptors (Lipinski definition) is 3. The topological polar surface area (TPSA) is 42.1 Å². The summed E-state index contributed by atoms with van der Waals surface area (Å²) in [7, 11) is 0. The van der Waals surface area contributed by atoms with Gasteiger partial charge in [-0.1, -0.05) is 6.92 Å². The molecule has 1 saturated heterocycles. The van der Waals surface area contributed by atoms with Crippen LogP contribution in [0, 0.1) is 0 Å². The monoisotopic (exact) mass is 205 g/mol. The maximum absolute atomic E-state index is 5.79. The fourth-order valence-electron chi connectivity index (χ4n) is 2.32. The first-order chi connectivity index (χ1) is 7.31. The molecule has 3 nitrogen and oxygen atoms in total. The third kappa shape index (κ3) is 2.22. The number of anilines is 2. The van der Waals surface area contributed by atoms with E-state index in [-0.39, 0.29) is 0 Å². The highest BCUT2D eigenvalue weighted by Crippen LogP contribution is 2.25. The molecule has 0 bridgehead atoms. The van der Waals surface area contributed by atoms with Crippen molar-refractivity contribution in [1.29, 1.82) is 0 Å². The van der Waals surface area contributed by atoms with Crippen LogP contribution in [0.1, 0.15) is 32.6 Å². The van der Waals surface area contributed by atoms with Crippen LogP contribution in [-0.4, -0.2) is 17.6 Å². The van der Waals surface area contributed by atoms with Gasteiger partial charge in [-0.05, 0) is 31.7 Å². The van der Waals surface area contributed by atoms with Crippen molar-refractivity contribution in [2.45, 2.75) is 38.6 Å². The minimum Gasteiger partial charge on any atom is -0.399 e. The van der Waals surface area contributed by atoms with E-state index in [4.69, 9.17) is 5.73 Å². The normalized spacial score (nSPS) is 21.7. The van der Waals surface area contributed by atoms with Gasteiger partial charge in [0.25, 0.3) is 0 Å².